The standard InChI is InChI=1S/C19H19Cl2NO3/c1-24-9-10-25-18-16(21)7-4-8-17(18)22-19(23)14-11-13(14)12-5-2-3-6-15(12)20/h2-8,13-14H,9-11H2,1H3,(H,22,23). The van der Waals surface area contributed by atoms with E-state index >= 15 is 0 Å². The van der Waals surface area contributed by atoms with Crippen LogP contribution in [-0.2, 0) is 9.53 Å². The highest BCUT2D eigenvalue weighted by Gasteiger charge is 2.45. The van der Waals surface area contributed by atoms with Crippen molar-refractivity contribution in [3.8, 4) is 5.75 Å². The molecule has 1 N–H and O–H groups in total. The molecule has 0 aliphatic heterocycles. The van der Waals surface area contributed by atoms with Gasteiger partial charge in [0.1, 0.15) is 6.61 Å². The Labute approximate surface area is 157 Å². The number of ether oxygens (including phenoxy) is 2. The molecule has 0 radical (unpaired) electrons. The van der Waals surface area contributed by atoms with Crippen LogP contribution in [0.3, 0.4) is 0 Å². The van der Waals surface area contributed by atoms with E-state index in [2.05, 4.69) is 5.32 Å². The molecule has 2 aromatic rings. The molecule has 3 rings (SSSR count). The van der Waals surface area contributed by atoms with Crippen molar-refractivity contribution in [2.45, 2.75) is 12.3 Å². The first kappa shape index (κ1) is 18.1. The Morgan fingerprint density at radius 1 is 1.12 bits per heavy atom. The van der Waals surface area contributed by atoms with Crippen molar-refractivity contribution in [1.29, 1.82) is 0 Å². The molecule has 1 fully saturated rings. The third-order valence-electron chi connectivity index (χ3n) is 4.19. The van der Waals surface area contributed by atoms with Crippen molar-refractivity contribution in [1.82, 2.24) is 0 Å². The first-order valence-electron chi connectivity index (χ1n) is 8.07. The highest BCUT2D eigenvalue weighted by molar-refractivity contribution is 6.32. The molecule has 2 aromatic carbocycles. The molecule has 0 spiro atoms. The van der Waals surface area contributed by atoms with E-state index in [4.69, 9.17) is 32.7 Å². The van der Waals surface area contributed by atoms with Gasteiger partial charge in [0.25, 0.3) is 0 Å². The first-order valence-corrected chi connectivity index (χ1v) is 8.83. The molecule has 25 heavy (non-hydrogen) atoms. The Morgan fingerprint density at radius 2 is 1.88 bits per heavy atom. The van der Waals surface area contributed by atoms with Crippen LogP contribution >= 0.6 is 23.2 Å². The second-order valence-electron chi connectivity index (χ2n) is 5.92. The minimum Gasteiger partial charge on any atom is -0.487 e. The molecule has 6 heteroatoms. The number of para-hydroxylation sites is 1. The Balaban J connectivity index is 1.68. The molecule has 2 atom stereocenters. The van der Waals surface area contributed by atoms with Gasteiger partial charge in [0.05, 0.1) is 17.3 Å². The minimum absolute atomic E-state index is 0.0521. The molecular formula is C19H19Cl2NO3. The van der Waals surface area contributed by atoms with Crippen LogP contribution in [0.4, 0.5) is 5.69 Å². The van der Waals surface area contributed by atoms with E-state index in [0.29, 0.717) is 34.7 Å². The molecule has 2 unspecified atom stereocenters. The van der Waals surface area contributed by atoms with Crippen molar-refractivity contribution in [3.05, 3.63) is 58.1 Å². The Kier molecular flexibility index (Phi) is 5.84. The molecule has 1 aliphatic carbocycles. The number of hydrogen-bond acceptors (Lipinski definition) is 3. The van der Waals surface area contributed by atoms with Crippen molar-refractivity contribution >= 4 is 34.8 Å². The third kappa shape index (κ3) is 4.27. The second-order valence-corrected chi connectivity index (χ2v) is 6.73. The van der Waals surface area contributed by atoms with E-state index in [-0.39, 0.29) is 17.7 Å². The van der Waals surface area contributed by atoms with E-state index in [1.807, 2.05) is 24.3 Å². The first-order chi connectivity index (χ1) is 12.1. The summed E-state index contributed by atoms with van der Waals surface area (Å²) in [5.74, 6) is 0.477. The Bertz CT molecular complexity index is 766. The van der Waals surface area contributed by atoms with E-state index in [1.165, 1.54) is 0 Å². The van der Waals surface area contributed by atoms with Crippen molar-refractivity contribution in [3.63, 3.8) is 0 Å². The van der Waals surface area contributed by atoms with Gasteiger partial charge in [-0.25, -0.2) is 0 Å². The molecule has 1 aliphatic rings. The molecule has 4 nitrogen and oxygen atoms in total. The quantitative estimate of drug-likeness (QED) is 0.705. The number of methoxy groups -OCH3 is 1. The van der Waals surface area contributed by atoms with Gasteiger partial charge in [-0.1, -0.05) is 47.5 Å². The van der Waals surface area contributed by atoms with Crippen LogP contribution in [0.1, 0.15) is 17.9 Å². The predicted octanol–water partition coefficient (Wildman–Crippen LogP) is 4.76. The number of amides is 1. The number of nitrogens with one attached hydrogen (secondary N) is 1. The lowest BCUT2D eigenvalue weighted by atomic mass is 10.1. The molecule has 132 valence electrons. The normalized spacial score (nSPS) is 18.7. The van der Waals surface area contributed by atoms with Crippen molar-refractivity contribution < 1.29 is 14.3 Å². The van der Waals surface area contributed by atoms with E-state index in [1.54, 1.807) is 25.3 Å². The topological polar surface area (TPSA) is 47.6 Å². The lowest BCUT2D eigenvalue weighted by Gasteiger charge is -2.14. The van der Waals surface area contributed by atoms with Gasteiger partial charge in [-0.2, -0.15) is 0 Å². The maximum atomic E-state index is 12.6. The molecule has 0 heterocycles. The summed E-state index contributed by atoms with van der Waals surface area (Å²) in [6, 6.07) is 12.9. The van der Waals surface area contributed by atoms with E-state index in [9.17, 15) is 4.79 Å². The number of benzene rings is 2. The Morgan fingerprint density at radius 3 is 2.64 bits per heavy atom. The molecular weight excluding hydrogens is 361 g/mol. The average Bonchev–Trinajstić information content (AvgIpc) is 3.38. The summed E-state index contributed by atoms with van der Waals surface area (Å²) in [6.45, 7) is 0.796. The smallest absolute Gasteiger partial charge is 0.228 e. The second kappa shape index (κ2) is 8.09. The fourth-order valence-electron chi connectivity index (χ4n) is 2.81. The number of halogens is 2. The van der Waals surface area contributed by atoms with E-state index in [0.717, 1.165) is 12.0 Å². The van der Waals surface area contributed by atoms with Crippen LogP contribution < -0.4 is 10.1 Å². The number of hydrogen-bond donors (Lipinski definition) is 1. The van der Waals surface area contributed by atoms with Gasteiger partial charge in [0.2, 0.25) is 5.91 Å². The lowest BCUT2D eigenvalue weighted by Crippen LogP contribution is -2.16. The van der Waals surface area contributed by atoms with Gasteiger partial charge >= 0.3 is 0 Å². The van der Waals surface area contributed by atoms with Gasteiger partial charge in [-0.05, 0) is 36.1 Å². The largest absolute Gasteiger partial charge is 0.487 e. The van der Waals surface area contributed by atoms with Crippen molar-refractivity contribution in [2.24, 2.45) is 5.92 Å². The number of anilines is 1. The van der Waals surface area contributed by atoms with Crippen LogP contribution in [0.25, 0.3) is 0 Å². The summed E-state index contributed by atoms with van der Waals surface area (Å²) in [7, 11) is 1.60. The Hall–Kier alpha value is -1.75. The van der Waals surface area contributed by atoms with Gasteiger partial charge in [0, 0.05) is 18.1 Å². The zero-order chi connectivity index (χ0) is 17.8. The van der Waals surface area contributed by atoms with Crippen LogP contribution in [0.2, 0.25) is 10.0 Å². The van der Waals surface area contributed by atoms with Gasteiger partial charge < -0.3 is 14.8 Å². The number of carbonyl (C=O) groups is 1. The van der Waals surface area contributed by atoms with Gasteiger partial charge in [-0.3, -0.25) is 4.79 Å². The summed E-state index contributed by atoms with van der Waals surface area (Å²) >= 11 is 12.4. The fourth-order valence-corrected chi connectivity index (χ4v) is 3.32. The van der Waals surface area contributed by atoms with Crippen LogP contribution in [0, 0.1) is 5.92 Å². The highest BCUT2D eigenvalue weighted by atomic mass is 35.5. The molecule has 1 amide bonds. The monoisotopic (exact) mass is 379 g/mol. The number of carbonyl (C=O) groups excluding carboxylic acids is 1. The molecule has 1 saturated carbocycles. The molecule has 0 aromatic heterocycles. The van der Waals surface area contributed by atoms with Crippen LogP contribution in [0.15, 0.2) is 42.5 Å². The minimum atomic E-state index is -0.0919. The molecule has 0 bridgehead atoms. The number of rotatable bonds is 7. The lowest BCUT2D eigenvalue weighted by molar-refractivity contribution is -0.117. The summed E-state index contributed by atoms with van der Waals surface area (Å²) in [4.78, 5) is 12.6. The summed E-state index contributed by atoms with van der Waals surface area (Å²) < 4.78 is 10.6. The van der Waals surface area contributed by atoms with Gasteiger partial charge in [0.15, 0.2) is 5.75 Å². The van der Waals surface area contributed by atoms with Crippen LogP contribution in [0.5, 0.6) is 5.75 Å². The molecule has 0 saturated heterocycles. The zero-order valence-electron chi connectivity index (χ0n) is 13.8. The average molecular weight is 380 g/mol. The van der Waals surface area contributed by atoms with Crippen LogP contribution in [-0.4, -0.2) is 26.2 Å². The fraction of sp³-hybridized carbons (Fsp3) is 0.316. The van der Waals surface area contributed by atoms with Crippen molar-refractivity contribution in [2.75, 3.05) is 25.6 Å². The van der Waals surface area contributed by atoms with Gasteiger partial charge in [-0.15, -0.1) is 0 Å². The maximum absolute atomic E-state index is 12.6. The zero-order valence-corrected chi connectivity index (χ0v) is 15.3. The predicted molar refractivity (Wildman–Crippen MR) is 99.8 cm³/mol. The maximum Gasteiger partial charge on any atom is 0.228 e. The van der Waals surface area contributed by atoms with E-state index < -0.39 is 0 Å². The summed E-state index contributed by atoms with van der Waals surface area (Å²) in [5.41, 5.74) is 1.59. The SMILES string of the molecule is COCCOc1c(Cl)cccc1NC(=O)C1CC1c1ccccc1Cl. The highest BCUT2D eigenvalue weighted by Crippen LogP contribution is 2.50. The third-order valence-corrected chi connectivity index (χ3v) is 4.83. The summed E-state index contributed by atoms with van der Waals surface area (Å²) in [6.07, 6.45) is 0.788. The summed E-state index contributed by atoms with van der Waals surface area (Å²) in [5, 5.41) is 4.08.